The van der Waals surface area contributed by atoms with E-state index in [1.54, 1.807) is 0 Å². The predicted octanol–water partition coefficient (Wildman–Crippen LogP) is 1.56. The maximum Gasteiger partial charge on any atom is 0.220 e. The van der Waals surface area contributed by atoms with Crippen molar-refractivity contribution >= 4 is 5.91 Å². The molecule has 0 heterocycles. The van der Waals surface area contributed by atoms with E-state index < -0.39 is 0 Å². The molecule has 0 saturated carbocycles. The zero-order valence-corrected chi connectivity index (χ0v) is 10.6. The Hall–Kier alpha value is -1.55. The fourth-order valence-electron chi connectivity index (χ4n) is 1.43. The summed E-state index contributed by atoms with van der Waals surface area (Å²) in [6.45, 7) is 2.46. The Balaban J connectivity index is 2.62. The van der Waals surface area contributed by atoms with Gasteiger partial charge in [0.15, 0.2) is 0 Å². The number of hydrogen-bond acceptors (Lipinski definition) is 3. The van der Waals surface area contributed by atoms with Crippen LogP contribution in [-0.4, -0.2) is 31.5 Å². The van der Waals surface area contributed by atoms with E-state index in [1.807, 2.05) is 32.3 Å². The molecule has 4 heteroatoms. The summed E-state index contributed by atoms with van der Waals surface area (Å²) in [5.41, 5.74) is 6.24. The number of benzene rings is 1. The van der Waals surface area contributed by atoms with Gasteiger partial charge >= 0.3 is 0 Å². The zero-order valence-electron chi connectivity index (χ0n) is 10.6. The molecule has 0 aliphatic carbocycles. The average molecular weight is 236 g/mol. The highest BCUT2D eigenvalue weighted by molar-refractivity contribution is 5.73. The van der Waals surface area contributed by atoms with Gasteiger partial charge in [-0.15, -0.1) is 0 Å². The molecule has 0 radical (unpaired) electrons. The fourth-order valence-corrected chi connectivity index (χ4v) is 1.43. The normalized spacial score (nSPS) is 12.5. The smallest absolute Gasteiger partial charge is 0.220 e. The van der Waals surface area contributed by atoms with Crippen LogP contribution in [0.5, 0.6) is 5.75 Å². The van der Waals surface area contributed by atoms with Gasteiger partial charge in [0.2, 0.25) is 5.91 Å². The van der Waals surface area contributed by atoms with Crippen LogP contribution in [0, 0.1) is 0 Å². The number of nitrogens with two attached hydrogens (primary N) is 1. The zero-order chi connectivity index (χ0) is 12.8. The van der Waals surface area contributed by atoms with Gasteiger partial charge in [0.25, 0.3) is 0 Å². The molecule has 0 spiro atoms. The van der Waals surface area contributed by atoms with Crippen molar-refractivity contribution < 1.29 is 9.53 Å². The van der Waals surface area contributed by atoms with Gasteiger partial charge in [0.05, 0.1) is 13.0 Å². The number of primary amides is 1. The maximum atomic E-state index is 10.6. The molecular formula is C13H20N2O2. The molecule has 2 N–H and O–H groups in total. The molecule has 1 atom stereocenters. The summed E-state index contributed by atoms with van der Waals surface area (Å²) in [5, 5.41) is 0. The Kier molecular flexibility index (Phi) is 4.97. The first-order valence-corrected chi connectivity index (χ1v) is 5.68. The third-order valence-corrected chi connectivity index (χ3v) is 2.73. The molecule has 1 aromatic carbocycles. The molecule has 0 saturated heterocycles. The van der Waals surface area contributed by atoms with Crippen LogP contribution in [-0.2, 0) is 4.79 Å². The van der Waals surface area contributed by atoms with Crippen molar-refractivity contribution in [2.75, 3.05) is 20.7 Å². The second-order valence-corrected chi connectivity index (χ2v) is 4.28. The molecule has 0 bridgehead atoms. The van der Waals surface area contributed by atoms with Crippen LogP contribution in [0.2, 0.25) is 0 Å². The molecule has 0 fully saturated rings. The molecule has 0 aliphatic rings. The lowest BCUT2D eigenvalue weighted by atomic mass is 10.1. The molecule has 1 rings (SSSR count). The molecule has 1 amide bonds. The first kappa shape index (κ1) is 13.5. The highest BCUT2D eigenvalue weighted by Gasteiger charge is 2.08. The van der Waals surface area contributed by atoms with Gasteiger partial charge in [0.1, 0.15) is 5.75 Å². The van der Waals surface area contributed by atoms with Crippen molar-refractivity contribution in [3.05, 3.63) is 29.8 Å². The van der Waals surface area contributed by atoms with Gasteiger partial charge in [-0.1, -0.05) is 12.1 Å². The first-order chi connectivity index (χ1) is 8.00. The summed E-state index contributed by atoms with van der Waals surface area (Å²) in [4.78, 5) is 12.7. The highest BCUT2D eigenvalue weighted by atomic mass is 16.5. The molecular weight excluding hydrogens is 216 g/mol. The monoisotopic (exact) mass is 236 g/mol. The molecule has 94 valence electrons. The number of ether oxygens (including phenoxy) is 1. The van der Waals surface area contributed by atoms with Crippen LogP contribution >= 0.6 is 0 Å². The lowest BCUT2D eigenvalue weighted by molar-refractivity contribution is -0.118. The van der Waals surface area contributed by atoms with E-state index in [4.69, 9.17) is 10.5 Å². The summed E-state index contributed by atoms with van der Waals surface area (Å²) >= 11 is 0. The minimum Gasteiger partial charge on any atom is -0.493 e. The number of carbonyl (C=O) groups is 1. The minimum absolute atomic E-state index is 0.244. The van der Waals surface area contributed by atoms with E-state index in [0.29, 0.717) is 12.6 Å². The Morgan fingerprint density at radius 2 is 2.18 bits per heavy atom. The fraction of sp³-hybridized carbons (Fsp3) is 0.462. The minimum atomic E-state index is -0.345. The third kappa shape index (κ3) is 4.44. The van der Waals surface area contributed by atoms with E-state index in [2.05, 4.69) is 17.9 Å². The van der Waals surface area contributed by atoms with Gasteiger partial charge in [-0.05, 0) is 38.7 Å². The van der Waals surface area contributed by atoms with E-state index in [9.17, 15) is 4.79 Å². The van der Waals surface area contributed by atoms with Crippen molar-refractivity contribution in [2.24, 2.45) is 5.73 Å². The van der Waals surface area contributed by atoms with Crippen LogP contribution in [0.25, 0.3) is 0 Å². The second kappa shape index (κ2) is 6.25. The maximum absolute atomic E-state index is 10.6. The van der Waals surface area contributed by atoms with Crippen LogP contribution in [0.4, 0.5) is 0 Å². The van der Waals surface area contributed by atoms with Gasteiger partial charge in [-0.2, -0.15) is 0 Å². The number of carbonyl (C=O) groups excluding carboxylic acids is 1. The number of amides is 1. The Morgan fingerprint density at radius 1 is 1.47 bits per heavy atom. The molecule has 0 aliphatic heterocycles. The van der Waals surface area contributed by atoms with Crippen molar-refractivity contribution in [3.8, 4) is 5.75 Å². The standard InChI is InChI=1S/C13H20N2O2/c1-10(15(2)3)11-5-4-6-12(9-11)17-8-7-13(14)16/h4-6,9-10H,7-8H2,1-3H3,(H2,14,16). The van der Waals surface area contributed by atoms with E-state index in [-0.39, 0.29) is 12.3 Å². The van der Waals surface area contributed by atoms with Crippen LogP contribution in [0.15, 0.2) is 24.3 Å². The summed E-state index contributed by atoms with van der Waals surface area (Å²) in [5.74, 6) is 0.431. The van der Waals surface area contributed by atoms with Gasteiger partial charge in [0, 0.05) is 6.04 Å². The molecule has 4 nitrogen and oxygen atoms in total. The molecule has 0 aromatic heterocycles. The lowest BCUT2D eigenvalue weighted by Gasteiger charge is -2.20. The van der Waals surface area contributed by atoms with Crippen molar-refractivity contribution in [1.82, 2.24) is 4.90 Å². The number of nitrogens with zero attached hydrogens (tertiary/aromatic N) is 1. The van der Waals surface area contributed by atoms with Crippen molar-refractivity contribution in [2.45, 2.75) is 19.4 Å². The van der Waals surface area contributed by atoms with Crippen LogP contribution in [0.1, 0.15) is 24.9 Å². The number of rotatable bonds is 6. The third-order valence-electron chi connectivity index (χ3n) is 2.73. The summed E-state index contributed by atoms with van der Waals surface area (Å²) in [6, 6.07) is 8.22. The molecule has 1 aromatic rings. The first-order valence-electron chi connectivity index (χ1n) is 5.68. The summed E-state index contributed by atoms with van der Waals surface area (Å²) < 4.78 is 5.47. The Morgan fingerprint density at radius 3 is 2.76 bits per heavy atom. The van der Waals surface area contributed by atoms with Gasteiger partial charge in [-0.25, -0.2) is 0 Å². The largest absolute Gasteiger partial charge is 0.493 e. The van der Waals surface area contributed by atoms with Gasteiger partial charge in [-0.3, -0.25) is 4.79 Å². The Labute approximate surface area is 102 Å². The molecule has 17 heavy (non-hydrogen) atoms. The van der Waals surface area contributed by atoms with Crippen molar-refractivity contribution in [3.63, 3.8) is 0 Å². The lowest BCUT2D eigenvalue weighted by Crippen LogP contribution is -2.17. The quantitative estimate of drug-likeness (QED) is 0.815. The predicted molar refractivity (Wildman–Crippen MR) is 67.9 cm³/mol. The van der Waals surface area contributed by atoms with Crippen LogP contribution < -0.4 is 10.5 Å². The van der Waals surface area contributed by atoms with Crippen molar-refractivity contribution in [1.29, 1.82) is 0 Å². The molecule has 1 unspecified atom stereocenters. The number of hydrogen-bond donors (Lipinski definition) is 1. The highest BCUT2D eigenvalue weighted by Crippen LogP contribution is 2.22. The van der Waals surface area contributed by atoms with E-state index in [0.717, 1.165) is 5.75 Å². The topological polar surface area (TPSA) is 55.6 Å². The van der Waals surface area contributed by atoms with E-state index in [1.165, 1.54) is 5.56 Å². The average Bonchev–Trinajstić information content (AvgIpc) is 2.28. The van der Waals surface area contributed by atoms with E-state index >= 15 is 0 Å². The van der Waals surface area contributed by atoms with Crippen LogP contribution in [0.3, 0.4) is 0 Å². The summed E-state index contributed by atoms with van der Waals surface area (Å²) in [6.07, 6.45) is 0.244. The SMILES string of the molecule is CC(c1cccc(OCCC(N)=O)c1)N(C)C. The second-order valence-electron chi connectivity index (χ2n) is 4.28. The van der Waals surface area contributed by atoms with Gasteiger partial charge < -0.3 is 15.4 Å². The Bertz CT molecular complexity index is 377. The summed E-state index contributed by atoms with van der Waals surface area (Å²) in [7, 11) is 4.07.